The van der Waals surface area contributed by atoms with E-state index >= 15 is 0 Å². The van der Waals surface area contributed by atoms with Crippen LogP contribution in [0.3, 0.4) is 0 Å². The first kappa shape index (κ1) is 16.3. The van der Waals surface area contributed by atoms with Crippen LogP contribution >= 0.6 is 11.3 Å². The van der Waals surface area contributed by atoms with Crippen molar-refractivity contribution in [2.75, 3.05) is 20.2 Å². The number of hydrogen-bond donors (Lipinski definition) is 0. The molecule has 5 nitrogen and oxygen atoms in total. The average Bonchev–Trinajstić information content (AvgIpc) is 3.33. The molecular formula is C19H21N3O2S. The molecule has 1 aliphatic rings. The van der Waals surface area contributed by atoms with E-state index in [1.54, 1.807) is 18.4 Å². The first-order valence-electron chi connectivity index (χ1n) is 8.54. The Balaban J connectivity index is 1.44. The lowest BCUT2D eigenvalue weighted by Gasteiger charge is -2.31. The molecule has 0 bridgehead atoms. The summed E-state index contributed by atoms with van der Waals surface area (Å²) in [6, 6.07) is 12.3. The van der Waals surface area contributed by atoms with E-state index in [2.05, 4.69) is 27.2 Å². The first-order chi connectivity index (χ1) is 12.3. The number of likely N-dealkylation sites (tertiary alicyclic amines) is 1. The molecule has 3 aromatic rings. The zero-order valence-electron chi connectivity index (χ0n) is 14.2. The van der Waals surface area contributed by atoms with Gasteiger partial charge in [0.2, 0.25) is 5.89 Å². The van der Waals surface area contributed by atoms with Gasteiger partial charge in [0.25, 0.3) is 5.89 Å². The molecule has 1 atom stereocenters. The molecule has 3 heterocycles. The molecule has 0 saturated carbocycles. The van der Waals surface area contributed by atoms with E-state index in [0.717, 1.165) is 49.0 Å². The molecule has 0 unspecified atom stereocenters. The van der Waals surface area contributed by atoms with Gasteiger partial charge in [0.15, 0.2) is 0 Å². The van der Waals surface area contributed by atoms with Crippen LogP contribution in [0.25, 0.3) is 10.8 Å². The minimum Gasteiger partial charge on any atom is -0.497 e. The van der Waals surface area contributed by atoms with Crippen LogP contribution in [0.4, 0.5) is 0 Å². The maximum Gasteiger partial charge on any atom is 0.257 e. The van der Waals surface area contributed by atoms with Crippen LogP contribution in [0.15, 0.2) is 46.2 Å². The molecule has 25 heavy (non-hydrogen) atoms. The molecular weight excluding hydrogens is 334 g/mol. The number of benzene rings is 1. The number of nitrogens with zero attached hydrogens (tertiary/aromatic N) is 3. The molecule has 1 aromatic carbocycles. The quantitative estimate of drug-likeness (QED) is 0.687. The lowest BCUT2D eigenvalue weighted by atomic mass is 9.97. The Morgan fingerprint density at radius 2 is 2.24 bits per heavy atom. The van der Waals surface area contributed by atoms with Crippen molar-refractivity contribution in [3.63, 3.8) is 0 Å². The number of aromatic nitrogens is 2. The number of methoxy groups -OCH3 is 1. The highest BCUT2D eigenvalue weighted by atomic mass is 32.1. The third-order valence-corrected chi connectivity index (χ3v) is 5.43. The summed E-state index contributed by atoms with van der Waals surface area (Å²) in [5.41, 5.74) is 1.27. The Hall–Kier alpha value is -2.18. The highest BCUT2D eigenvalue weighted by molar-refractivity contribution is 7.13. The minimum absolute atomic E-state index is 0.306. The van der Waals surface area contributed by atoms with Crippen molar-refractivity contribution in [2.24, 2.45) is 0 Å². The van der Waals surface area contributed by atoms with Crippen molar-refractivity contribution < 1.29 is 9.15 Å². The normalized spacial score (nSPS) is 18.4. The van der Waals surface area contributed by atoms with Gasteiger partial charge in [-0.15, -0.1) is 21.5 Å². The maximum atomic E-state index is 5.94. The molecule has 0 aliphatic carbocycles. The predicted molar refractivity (Wildman–Crippen MR) is 97.9 cm³/mol. The monoisotopic (exact) mass is 355 g/mol. The van der Waals surface area contributed by atoms with E-state index < -0.39 is 0 Å². The van der Waals surface area contributed by atoms with E-state index in [9.17, 15) is 0 Å². The molecule has 1 aliphatic heterocycles. The second kappa shape index (κ2) is 7.37. The zero-order chi connectivity index (χ0) is 17.1. The fourth-order valence-corrected chi connectivity index (χ4v) is 3.97. The number of piperidine rings is 1. The third-order valence-electron chi connectivity index (χ3n) is 4.57. The summed E-state index contributed by atoms with van der Waals surface area (Å²) >= 11 is 1.62. The van der Waals surface area contributed by atoms with Gasteiger partial charge in [-0.25, -0.2) is 0 Å². The van der Waals surface area contributed by atoms with E-state index in [-0.39, 0.29) is 0 Å². The van der Waals surface area contributed by atoms with Gasteiger partial charge < -0.3 is 9.15 Å². The largest absolute Gasteiger partial charge is 0.497 e. The van der Waals surface area contributed by atoms with Gasteiger partial charge >= 0.3 is 0 Å². The van der Waals surface area contributed by atoms with Crippen LogP contribution in [0.5, 0.6) is 5.75 Å². The summed E-state index contributed by atoms with van der Waals surface area (Å²) in [6.45, 7) is 2.96. The second-order valence-electron chi connectivity index (χ2n) is 6.35. The Bertz CT molecular complexity index is 816. The van der Waals surface area contributed by atoms with Crippen LogP contribution < -0.4 is 4.74 Å². The topological polar surface area (TPSA) is 51.4 Å². The Kier molecular flexibility index (Phi) is 4.81. The Morgan fingerprint density at radius 3 is 3.08 bits per heavy atom. The van der Waals surface area contributed by atoms with Crippen molar-refractivity contribution >= 4 is 11.3 Å². The van der Waals surface area contributed by atoms with Gasteiger partial charge in [0, 0.05) is 13.1 Å². The Morgan fingerprint density at radius 1 is 1.28 bits per heavy atom. The molecule has 0 spiro atoms. The van der Waals surface area contributed by atoms with Crippen molar-refractivity contribution in [1.82, 2.24) is 15.1 Å². The lowest BCUT2D eigenvalue weighted by molar-refractivity contribution is 0.186. The van der Waals surface area contributed by atoms with Gasteiger partial charge in [-0.05, 0) is 48.5 Å². The summed E-state index contributed by atoms with van der Waals surface area (Å²) in [4.78, 5) is 3.49. The molecule has 0 amide bonds. The fraction of sp³-hybridized carbons (Fsp3) is 0.368. The van der Waals surface area contributed by atoms with Crippen molar-refractivity contribution in [3.05, 3.63) is 53.2 Å². The van der Waals surface area contributed by atoms with Crippen molar-refractivity contribution in [2.45, 2.75) is 25.3 Å². The Labute approximate surface area is 151 Å². The number of ether oxygens (including phenoxy) is 1. The van der Waals surface area contributed by atoms with Crippen LogP contribution in [-0.4, -0.2) is 35.3 Å². The highest BCUT2D eigenvalue weighted by Crippen LogP contribution is 2.30. The molecule has 1 fully saturated rings. The number of thiophene rings is 1. The fourth-order valence-electron chi connectivity index (χ4n) is 3.33. The summed E-state index contributed by atoms with van der Waals surface area (Å²) in [5, 5.41) is 10.6. The van der Waals surface area contributed by atoms with Crippen LogP contribution in [-0.2, 0) is 6.54 Å². The molecule has 130 valence electrons. The summed E-state index contributed by atoms with van der Waals surface area (Å²) in [5.74, 6) is 2.61. The standard InChI is InChI=1S/C19H21N3O2S/c1-23-16-7-2-5-14(11-16)12-22-9-3-6-15(13-22)18-20-21-19(24-18)17-8-4-10-25-17/h2,4-5,7-8,10-11,15H,3,6,9,12-13H2,1H3/t15-/m1/s1. The molecule has 6 heteroatoms. The molecule has 2 aromatic heterocycles. The summed E-state index contributed by atoms with van der Waals surface area (Å²) in [7, 11) is 1.71. The van der Waals surface area contributed by atoms with Gasteiger partial charge in [-0.1, -0.05) is 18.2 Å². The molecule has 0 N–H and O–H groups in total. The number of hydrogen-bond acceptors (Lipinski definition) is 6. The average molecular weight is 355 g/mol. The van der Waals surface area contributed by atoms with E-state index in [4.69, 9.17) is 9.15 Å². The van der Waals surface area contributed by atoms with E-state index in [1.807, 2.05) is 29.6 Å². The van der Waals surface area contributed by atoms with Crippen molar-refractivity contribution in [3.8, 4) is 16.5 Å². The summed E-state index contributed by atoms with van der Waals surface area (Å²) < 4.78 is 11.3. The van der Waals surface area contributed by atoms with Crippen LogP contribution in [0.1, 0.15) is 30.2 Å². The first-order valence-corrected chi connectivity index (χ1v) is 9.42. The maximum absolute atomic E-state index is 5.94. The van der Waals surface area contributed by atoms with E-state index in [1.165, 1.54) is 5.56 Å². The second-order valence-corrected chi connectivity index (χ2v) is 7.30. The van der Waals surface area contributed by atoms with Gasteiger partial charge in [-0.3, -0.25) is 4.90 Å². The minimum atomic E-state index is 0.306. The van der Waals surface area contributed by atoms with Crippen LogP contribution in [0, 0.1) is 0 Å². The van der Waals surface area contributed by atoms with Gasteiger partial charge in [0.1, 0.15) is 5.75 Å². The lowest BCUT2D eigenvalue weighted by Crippen LogP contribution is -2.34. The predicted octanol–water partition coefficient (Wildman–Crippen LogP) is 4.19. The highest BCUT2D eigenvalue weighted by Gasteiger charge is 2.26. The van der Waals surface area contributed by atoms with Gasteiger partial charge in [-0.2, -0.15) is 0 Å². The zero-order valence-corrected chi connectivity index (χ0v) is 15.0. The summed E-state index contributed by atoms with van der Waals surface area (Å²) in [6.07, 6.45) is 2.24. The smallest absolute Gasteiger partial charge is 0.257 e. The number of rotatable bonds is 5. The molecule has 4 rings (SSSR count). The van der Waals surface area contributed by atoms with Crippen molar-refractivity contribution in [1.29, 1.82) is 0 Å². The van der Waals surface area contributed by atoms with Crippen LogP contribution in [0.2, 0.25) is 0 Å². The van der Waals surface area contributed by atoms with E-state index in [0.29, 0.717) is 11.8 Å². The molecule has 0 radical (unpaired) electrons. The SMILES string of the molecule is COc1cccc(CN2CCC[C@@H](c3nnc(-c4cccs4)o3)C2)c1. The molecule has 1 saturated heterocycles. The third kappa shape index (κ3) is 3.75. The van der Waals surface area contributed by atoms with Gasteiger partial charge in [0.05, 0.1) is 17.9 Å².